The van der Waals surface area contributed by atoms with Gasteiger partial charge in [0.1, 0.15) is 0 Å². The SMILES string of the molecule is Clc1cncc(N2CC3CNCC2C3)c1. The van der Waals surface area contributed by atoms with Gasteiger partial charge in [-0.2, -0.15) is 0 Å². The van der Waals surface area contributed by atoms with Gasteiger partial charge in [-0.3, -0.25) is 4.98 Å². The van der Waals surface area contributed by atoms with E-state index in [-0.39, 0.29) is 0 Å². The van der Waals surface area contributed by atoms with Gasteiger partial charge in [0, 0.05) is 25.3 Å². The van der Waals surface area contributed by atoms with Crippen molar-refractivity contribution in [1.29, 1.82) is 0 Å². The molecule has 15 heavy (non-hydrogen) atoms. The first-order valence-electron chi connectivity index (χ1n) is 5.41. The van der Waals surface area contributed by atoms with Crippen LogP contribution in [0.5, 0.6) is 0 Å². The first-order chi connectivity index (χ1) is 7.33. The smallest absolute Gasteiger partial charge is 0.0609 e. The second-order valence-electron chi connectivity index (χ2n) is 4.43. The molecule has 0 radical (unpaired) electrons. The van der Waals surface area contributed by atoms with Crippen molar-refractivity contribution in [2.24, 2.45) is 5.92 Å². The van der Waals surface area contributed by atoms with Gasteiger partial charge in [0.25, 0.3) is 0 Å². The molecular weight excluding hydrogens is 210 g/mol. The summed E-state index contributed by atoms with van der Waals surface area (Å²) in [4.78, 5) is 6.58. The zero-order valence-corrected chi connectivity index (χ0v) is 9.24. The van der Waals surface area contributed by atoms with Crippen LogP contribution < -0.4 is 10.2 Å². The van der Waals surface area contributed by atoms with Gasteiger partial charge in [-0.15, -0.1) is 0 Å². The molecule has 2 aliphatic heterocycles. The number of hydrogen-bond acceptors (Lipinski definition) is 3. The minimum atomic E-state index is 0.629. The van der Waals surface area contributed by atoms with Gasteiger partial charge in [-0.05, 0) is 24.9 Å². The highest BCUT2D eigenvalue weighted by Crippen LogP contribution is 2.31. The van der Waals surface area contributed by atoms with Crippen LogP contribution >= 0.6 is 11.6 Å². The highest BCUT2D eigenvalue weighted by atomic mass is 35.5. The Kier molecular flexibility index (Phi) is 2.29. The number of fused-ring (bicyclic) bond motifs is 2. The van der Waals surface area contributed by atoms with Crippen molar-refractivity contribution < 1.29 is 0 Å². The van der Waals surface area contributed by atoms with E-state index in [0.717, 1.165) is 30.6 Å². The van der Waals surface area contributed by atoms with Crippen molar-refractivity contribution >= 4 is 17.3 Å². The van der Waals surface area contributed by atoms with E-state index in [1.54, 1.807) is 6.20 Å². The molecule has 2 aliphatic rings. The van der Waals surface area contributed by atoms with E-state index < -0.39 is 0 Å². The summed E-state index contributed by atoms with van der Waals surface area (Å²) in [6, 6.07) is 2.64. The fraction of sp³-hybridized carbons (Fsp3) is 0.545. The van der Waals surface area contributed by atoms with Gasteiger partial charge in [-0.1, -0.05) is 11.6 Å². The van der Waals surface area contributed by atoms with Crippen molar-refractivity contribution in [2.45, 2.75) is 12.5 Å². The zero-order chi connectivity index (χ0) is 10.3. The molecule has 3 rings (SSSR count). The maximum Gasteiger partial charge on any atom is 0.0609 e. The van der Waals surface area contributed by atoms with E-state index in [4.69, 9.17) is 11.6 Å². The summed E-state index contributed by atoms with van der Waals surface area (Å²) in [7, 11) is 0. The van der Waals surface area contributed by atoms with Gasteiger partial charge < -0.3 is 10.2 Å². The van der Waals surface area contributed by atoms with Crippen molar-refractivity contribution in [3.63, 3.8) is 0 Å². The summed E-state index contributed by atoms with van der Waals surface area (Å²) in [5.41, 5.74) is 1.17. The summed E-state index contributed by atoms with van der Waals surface area (Å²) in [6.45, 7) is 3.38. The molecule has 1 N–H and O–H groups in total. The lowest BCUT2D eigenvalue weighted by atomic mass is 10.0. The predicted molar refractivity (Wildman–Crippen MR) is 61.4 cm³/mol. The third kappa shape index (κ3) is 1.70. The lowest BCUT2D eigenvalue weighted by Gasteiger charge is -2.26. The molecule has 0 aliphatic carbocycles. The molecule has 2 fully saturated rings. The molecule has 2 bridgehead atoms. The maximum absolute atomic E-state index is 5.96. The maximum atomic E-state index is 5.96. The zero-order valence-electron chi connectivity index (χ0n) is 8.49. The number of nitrogens with one attached hydrogen (secondary N) is 1. The van der Waals surface area contributed by atoms with Crippen molar-refractivity contribution in [2.75, 3.05) is 24.5 Å². The molecule has 1 aromatic heterocycles. The molecule has 0 amide bonds. The van der Waals surface area contributed by atoms with Gasteiger partial charge in [0.05, 0.1) is 16.9 Å². The number of pyridine rings is 1. The number of hydrogen-bond donors (Lipinski definition) is 1. The lowest BCUT2D eigenvalue weighted by molar-refractivity contribution is 0.434. The summed E-state index contributed by atoms with van der Waals surface area (Å²) in [5.74, 6) is 0.794. The molecule has 0 aromatic carbocycles. The number of piperidine rings is 1. The Morgan fingerprint density at radius 3 is 3.13 bits per heavy atom. The molecule has 0 saturated carbocycles. The summed E-state index contributed by atoms with van der Waals surface area (Å²) >= 11 is 5.96. The van der Waals surface area contributed by atoms with Crippen LogP contribution in [-0.4, -0.2) is 30.7 Å². The highest BCUT2D eigenvalue weighted by Gasteiger charge is 2.35. The molecule has 3 heterocycles. The molecule has 2 saturated heterocycles. The quantitative estimate of drug-likeness (QED) is 0.783. The Morgan fingerprint density at radius 1 is 1.40 bits per heavy atom. The minimum absolute atomic E-state index is 0.629. The Bertz CT molecular complexity index is 369. The van der Waals surface area contributed by atoms with Crippen LogP contribution in [0.25, 0.3) is 0 Å². The summed E-state index contributed by atoms with van der Waals surface area (Å²) in [6.07, 6.45) is 4.90. The van der Waals surface area contributed by atoms with E-state index in [0.29, 0.717) is 6.04 Å². The van der Waals surface area contributed by atoms with Gasteiger partial charge >= 0.3 is 0 Å². The van der Waals surface area contributed by atoms with Crippen molar-refractivity contribution in [3.05, 3.63) is 23.5 Å². The first-order valence-corrected chi connectivity index (χ1v) is 5.78. The number of anilines is 1. The van der Waals surface area contributed by atoms with Crippen molar-refractivity contribution in [1.82, 2.24) is 10.3 Å². The Hall–Kier alpha value is -0.800. The third-order valence-electron chi connectivity index (χ3n) is 3.34. The average Bonchev–Trinajstić information content (AvgIpc) is 2.54. The van der Waals surface area contributed by atoms with Gasteiger partial charge in [-0.25, -0.2) is 0 Å². The molecule has 0 spiro atoms. The highest BCUT2D eigenvalue weighted by molar-refractivity contribution is 6.30. The monoisotopic (exact) mass is 223 g/mol. The van der Waals surface area contributed by atoms with Gasteiger partial charge in [0.2, 0.25) is 0 Å². The predicted octanol–water partition coefficient (Wildman–Crippen LogP) is 1.53. The van der Waals surface area contributed by atoms with Crippen LogP contribution in [0.3, 0.4) is 0 Å². The molecule has 80 valence electrons. The first kappa shape index (κ1) is 9.43. The lowest BCUT2D eigenvalue weighted by Crippen LogP contribution is -2.39. The third-order valence-corrected chi connectivity index (χ3v) is 3.54. The molecular formula is C11H14ClN3. The number of aromatic nitrogens is 1. The van der Waals surface area contributed by atoms with E-state index in [2.05, 4.69) is 15.2 Å². The minimum Gasteiger partial charge on any atom is -0.366 e. The normalized spacial score (nSPS) is 29.5. The van der Waals surface area contributed by atoms with Crippen LogP contribution in [-0.2, 0) is 0 Å². The van der Waals surface area contributed by atoms with Crippen LogP contribution in [0.2, 0.25) is 5.02 Å². The van der Waals surface area contributed by atoms with Crippen molar-refractivity contribution in [3.8, 4) is 0 Å². The van der Waals surface area contributed by atoms with E-state index in [1.807, 2.05) is 12.3 Å². The Labute approximate surface area is 94.4 Å². The summed E-state index contributed by atoms with van der Waals surface area (Å²) in [5, 5.41) is 4.19. The van der Waals surface area contributed by atoms with Gasteiger partial charge in [0.15, 0.2) is 0 Å². The van der Waals surface area contributed by atoms with Crippen LogP contribution in [0.4, 0.5) is 5.69 Å². The van der Waals surface area contributed by atoms with Crippen LogP contribution in [0, 0.1) is 5.92 Å². The molecule has 2 unspecified atom stereocenters. The Balaban J connectivity index is 1.88. The number of rotatable bonds is 1. The Morgan fingerprint density at radius 2 is 2.33 bits per heavy atom. The fourth-order valence-electron chi connectivity index (χ4n) is 2.68. The average molecular weight is 224 g/mol. The molecule has 4 heteroatoms. The van der Waals surface area contributed by atoms with Crippen LogP contribution in [0.1, 0.15) is 6.42 Å². The second-order valence-corrected chi connectivity index (χ2v) is 4.86. The fourth-order valence-corrected chi connectivity index (χ4v) is 2.85. The standard InChI is InChI=1S/C11H14ClN3/c12-9-2-11(6-14-4-9)15-7-8-1-10(15)5-13-3-8/h2,4,6,8,10,13H,1,3,5,7H2. The largest absolute Gasteiger partial charge is 0.366 e. The topological polar surface area (TPSA) is 28.2 Å². The number of halogens is 1. The molecule has 3 nitrogen and oxygen atoms in total. The molecule has 2 atom stereocenters. The summed E-state index contributed by atoms with van der Waals surface area (Å²) < 4.78 is 0. The number of nitrogens with zero attached hydrogens (tertiary/aromatic N) is 2. The van der Waals surface area contributed by atoms with E-state index >= 15 is 0 Å². The second kappa shape index (κ2) is 3.65. The van der Waals surface area contributed by atoms with E-state index in [1.165, 1.54) is 12.1 Å². The molecule has 1 aromatic rings. The van der Waals surface area contributed by atoms with E-state index in [9.17, 15) is 0 Å². The van der Waals surface area contributed by atoms with Crippen LogP contribution in [0.15, 0.2) is 18.5 Å².